The molecule has 1 atom stereocenters. The van der Waals surface area contributed by atoms with Gasteiger partial charge in [-0.3, -0.25) is 0 Å². The van der Waals surface area contributed by atoms with Gasteiger partial charge in [0.05, 0.1) is 12.0 Å². The van der Waals surface area contributed by atoms with Gasteiger partial charge in [0.25, 0.3) is 0 Å². The number of nitrogens with zero attached hydrogens (tertiary/aromatic N) is 2. The lowest BCUT2D eigenvalue weighted by atomic mass is 10.1. The molecule has 2 rings (SSSR count). The van der Waals surface area contributed by atoms with E-state index < -0.39 is 12.0 Å². The first kappa shape index (κ1) is 11.4. The molecule has 0 aliphatic carbocycles. The summed E-state index contributed by atoms with van der Waals surface area (Å²) < 4.78 is 1.64. The number of carboxylic acids is 1. The van der Waals surface area contributed by atoms with Gasteiger partial charge < -0.3 is 9.67 Å². The van der Waals surface area contributed by atoms with Gasteiger partial charge in [0.15, 0.2) is 0 Å². The van der Waals surface area contributed by atoms with Crippen LogP contribution in [0.2, 0.25) is 0 Å². The van der Waals surface area contributed by atoms with Gasteiger partial charge in [-0.2, -0.15) is 0 Å². The third kappa shape index (κ3) is 2.72. The Morgan fingerprint density at radius 2 is 2.12 bits per heavy atom. The summed E-state index contributed by atoms with van der Waals surface area (Å²) in [5.74, 6) is -0.841. The summed E-state index contributed by atoms with van der Waals surface area (Å²) >= 11 is 0. The van der Waals surface area contributed by atoms with Gasteiger partial charge in [-0.1, -0.05) is 30.3 Å². The van der Waals surface area contributed by atoms with Gasteiger partial charge in [0, 0.05) is 12.6 Å². The second-order valence-corrected chi connectivity index (χ2v) is 4.01. The van der Waals surface area contributed by atoms with Crippen LogP contribution in [-0.4, -0.2) is 20.6 Å². The van der Waals surface area contributed by atoms with E-state index in [-0.39, 0.29) is 0 Å². The number of hydrogen-bond donors (Lipinski definition) is 1. The molecule has 0 amide bonds. The zero-order chi connectivity index (χ0) is 12.3. The van der Waals surface area contributed by atoms with Crippen molar-refractivity contribution in [1.29, 1.82) is 0 Å². The lowest BCUT2D eigenvalue weighted by Gasteiger charge is -2.13. The Hall–Kier alpha value is -2.10. The lowest BCUT2D eigenvalue weighted by Crippen LogP contribution is -2.20. The Kier molecular flexibility index (Phi) is 3.23. The molecule has 0 spiro atoms. The van der Waals surface area contributed by atoms with E-state index in [0.29, 0.717) is 6.42 Å². The van der Waals surface area contributed by atoms with E-state index in [2.05, 4.69) is 4.98 Å². The molecule has 0 bridgehead atoms. The second-order valence-electron chi connectivity index (χ2n) is 4.01. The topological polar surface area (TPSA) is 55.1 Å². The molecule has 1 aromatic heterocycles. The van der Waals surface area contributed by atoms with E-state index in [9.17, 15) is 9.90 Å². The number of imidazole rings is 1. The van der Waals surface area contributed by atoms with Crippen LogP contribution in [0.15, 0.2) is 42.9 Å². The van der Waals surface area contributed by atoms with Crippen molar-refractivity contribution in [2.24, 2.45) is 0 Å². The van der Waals surface area contributed by atoms with Crippen molar-refractivity contribution in [1.82, 2.24) is 9.55 Å². The zero-order valence-corrected chi connectivity index (χ0v) is 9.58. The molecule has 0 aliphatic heterocycles. The van der Waals surface area contributed by atoms with Gasteiger partial charge in [0.2, 0.25) is 0 Å². The molecule has 88 valence electrons. The Morgan fingerprint density at radius 1 is 1.41 bits per heavy atom. The first-order valence-electron chi connectivity index (χ1n) is 5.43. The van der Waals surface area contributed by atoms with E-state index in [4.69, 9.17) is 0 Å². The Morgan fingerprint density at radius 3 is 2.65 bits per heavy atom. The fraction of sp³-hybridized carbons (Fsp3) is 0.231. The van der Waals surface area contributed by atoms with Gasteiger partial charge in [-0.25, -0.2) is 9.78 Å². The fourth-order valence-electron chi connectivity index (χ4n) is 1.77. The van der Waals surface area contributed by atoms with Crippen LogP contribution < -0.4 is 0 Å². The molecule has 0 saturated heterocycles. The molecule has 0 saturated carbocycles. The average molecular weight is 230 g/mol. The highest BCUT2D eigenvalue weighted by Crippen LogP contribution is 2.15. The summed E-state index contributed by atoms with van der Waals surface area (Å²) in [5.41, 5.74) is 1.83. The summed E-state index contributed by atoms with van der Waals surface area (Å²) in [6.07, 6.45) is 3.78. The molecule has 0 aliphatic rings. The second kappa shape index (κ2) is 4.82. The SMILES string of the molecule is Cc1cn(C(Cc2ccccc2)C(=O)O)cn1. The Labute approximate surface area is 99.5 Å². The Bertz CT molecular complexity index is 505. The van der Waals surface area contributed by atoms with Crippen LogP contribution in [-0.2, 0) is 11.2 Å². The predicted molar refractivity (Wildman–Crippen MR) is 63.8 cm³/mol. The van der Waals surface area contributed by atoms with E-state index in [0.717, 1.165) is 11.3 Å². The molecule has 4 heteroatoms. The maximum Gasteiger partial charge on any atom is 0.327 e. The molecule has 1 unspecified atom stereocenters. The van der Waals surface area contributed by atoms with Crippen LogP contribution in [0.5, 0.6) is 0 Å². The van der Waals surface area contributed by atoms with Gasteiger partial charge in [-0.05, 0) is 12.5 Å². The first-order chi connectivity index (χ1) is 8.16. The van der Waals surface area contributed by atoms with Crippen molar-refractivity contribution in [3.05, 3.63) is 54.1 Å². The standard InChI is InChI=1S/C13H14N2O2/c1-10-8-15(9-14-10)12(13(16)17)7-11-5-3-2-4-6-11/h2-6,8-9,12H,7H2,1H3,(H,16,17). The normalized spacial score (nSPS) is 12.3. The molecule has 2 aromatic rings. The van der Waals surface area contributed by atoms with Gasteiger partial charge in [-0.15, -0.1) is 0 Å². The van der Waals surface area contributed by atoms with Crippen molar-refractivity contribution in [3.63, 3.8) is 0 Å². The van der Waals surface area contributed by atoms with Crippen molar-refractivity contribution in [2.45, 2.75) is 19.4 Å². The smallest absolute Gasteiger partial charge is 0.327 e. The predicted octanol–water partition coefficient (Wildman–Crippen LogP) is 2.06. The molecule has 17 heavy (non-hydrogen) atoms. The molecule has 1 N–H and O–H groups in total. The van der Waals surface area contributed by atoms with Gasteiger partial charge in [0.1, 0.15) is 6.04 Å². The minimum atomic E-state index is -0.841. The molecule has 1 aromatic carbocycles. The largest absolute Gasteiger partial charge is 0.480 e. The van der Waals surface area contributed by atoms with Crippen LogP contribution in [0.1, 0.15) is 17.3 Å². The van der Waals surface area contributed by atoms with Crippen molar-refractivity contribution >= 4 is 5.97 Å². The molecule has 0 fully saturated rings. The van der Waals surface area contributed by atoms with E-state index >= 15 is 0 Å². The Balaban J connectivity index is 2.22. The molecular weight excluding hydrogens is 216 g/mol. The monoisotopic (exact) mass is 230 g/mol. The molecule has 0 radical (unpaired) electrons. The highest BCUT2D eigenvalue weighted by molar-refractivity contribution is 5.72. The van der Waals surface area contributed by atoms with Gasteiger partial charge >= 0.3 is 5.97 Å². The summed E-state index contributed by atoms with van der Waals surface area (Å²) in [7, 11) is 0. The number of aryl methyl sites for hydroxylation is 1. The number of aromatic nitrogens is 2. The third-order valence-electron chi connectivity index (χ3n) is 2.65. The number of benzene rings is 1. The van der Waals surface area contributed by atoms with Crippen LogP contribution >= 0.6 is 0 Å². The van der Waals surface area contributed by atoms with Crippen molar-refractivity contribution in [2.75, 3.05) is 0 Å². The number of carboxylic acid groups (broad SMARTS) is 1. The van der Waals surface area contributed by atoms with E-state index in [1.54, 1.807) is 17.1 Å². The highest BCUT2D eigenvalue weighted by atomic mass is 16.4. The van der Waals surface area contributed by atoms with Crippen LogP contribution in [0, 0.1) is 6.92 Å². The highest BCUT2D eigenvalue weighted by Gasteiger charge is 2.19. The zero-order valence-electron chi connectivity index (χ0n) is 9.58. The van der Waals surface area contributed by atoms with Crippen molar-refractivity contribution < 1.29 is 9.90 Å². The van der Waals surface area contributed by atoms with Crippen LogP contribution in [0.25, 0.3) is 0 Å². The maximum absolute atomic E-state index is 11.3. The van der Waals surface area contributed by atoms with Crippen molar-refractivity contribution in [3.8, 4) is 0 Å². The average Bonchev–Trinajstić information content (AvgIpc) is 2.73. The van der Waals surface area contributed by atoms with Crippen LogP contribution in [0.3, 0.4) is 0 Å². The first-order valence-corrected chi connectivity index (χ1v) is 5.43. The number of hydrogen-bond acceptors (Lipinski definition) is 2. The minimum Gasteiger partial charge on any atom is -0.480 e. The van der Waals surface area contributed by atoms with E-state index in [1.807, 2.05) is 37.3 Å². The number of aliphatic carboxylic acids is 1. The van der Waals surface area contributed by atoms with Crippen LogP contribution in [0.4, 0.5) is 0 Å². The summed E-state index contributed by atoms with van der Waals surface area (Å²) in [5, 5.41) is 9.25. The summed E-state index contributed by atoms with van der Waals surface area (Å²) in [6.45, 7) is 1.85. The van der Waals surface area contributed by atoms with E-state index in [1.165, 1.54) is 0 Å². The number of carbonyl (C=O) groups is 1. The lowest BCUT2D eigenvalue weighted by molar-refractivity contribution is -0.140. The molecular formula is C13H14N2O2. The minimum absolute atomic E-state index is 0.464. The fourth-order valence-corrected chi connectivity index (χ4v) is 1.77. The molecule has 4 nitrogen and oxygen atoms in total. The molecule has 1 heterocycles. The maximum atomic E-state index is 11.3. The third-order valence-corrected chi connectivity index (χ3v) is 2.65. The summed E-state index contributed by atoms with van der Waals surface area (Å²) in [6, 6.07) is 9.00. The quantitative estimate of drug-likeness (QED) is 0.874. The number of rotatable bonds is 4. The summed E-state index contributed by atoms with van der Waals surface area (Å²) in [4.78, 5) is 15.3.